The lowest BCUT2D eigenvalue weighted by Crippen LogP contribution is -2.24. The molecule has 0 fully saturated rings. The van der Waals surface area contributed by atoms with Crippen molar-refractivity contribution in [1.82, 2.24) is 9.55 Å². The Morgan fingerprint density at radius 2 is 1.12 bits per heavy atom. The molecule has 0 aliphatic carbocycles. The van der Waals surface area contributed by atoms with Crippen LogP contribution in [0.2, 0.25) is 0 Å². The number of nitrogens with zero attached hydrogens (tertiary/aromatic N) is 4. The molecule has 310 valence electrons. The van der Waals surface area contributed by atoms with Crippen LogP contribution in [-0.4, -0.2) is 16.2 Å². The predicted molar refractivity (Wildman–Crippen MR) is 267 cm³/mol. The molecule has 1 aliphatic heterocycles. The van der Waals surface area contributed by atoms with Gasteiger partial charge >= 0.3 is 0 Å². The Hall–Kier alpha value is -7.89. The van der Waals surface area contributed by atoms with Crippen molar-refractivity contribution in [2.24, 2.45) is 0 Å². The van der Waals surface area contributed by atoms with Crippen LogP contribution in [0.3, 0.4) is 0 Å². The van der Waals surface area contributed by atoms with Crippen LogP contribution in [0.15, 0.2) is 206 Å². The van der Waals surface area contributed by atoms with E-state index in [1.165, 1.54) is 5.56 Å². The maximum Gasteiger partial charge on any atom is 0.137 e. The number of rotatable bonds is 8. The highest BCUT2D eigenvalue weighted by molar-refractivity contribution is 6.10. The first-order valence-electron chi connectivity index (χ1n) is 23.3. The maximum absolute atomic E-state index is 8.60. The molecule has 0 N–H and O–H groups in total. The van der Waals surface area contributed by atoms with Gasteiger partial charge in [-0.15, -0.1) is 0 Å². The Labute approximate surface area is 379 Å². The first-order chi connectivity index (χ1) is 32.5. The molecule has 0 saturated carbocycles. The van der Waals surface area contributed by atoms with E-state index in [-0.39, 0.29) is 11.0 Å². The number of para-hydroxylation sites is 3. The van der Waals surface area contributed by atoms with Crippen LogP contribution < -0.4 is 14.5 Å². The minimum atomic E-state index is -2.37. The Kier molecular flexibility index (Phi) is 8.80. The molecule has 0 bridgehead atoms. The molecule has 2 aromatic heterocycles. The summed E-state index contributed by atoms with van der Waals surface area (Å²) in [7, 11) is 0. The third-order valence-electron chi connectivity index (χ3n) is 12.4. The highest BCUT2D eigenvalue weighted by Gasteiger charge is 2.31. The van der Waals surface area contributed by atoms with Gasteiger partial charge in [0.15, 0.2) is 0 Å². The van der Waals surface area contributed by atoms with Gasteiger partial charge < -0.3 is 14.5 Å². The zero-order valence-corrected chi connectivity index (χ0v) is 36.0. The van der Waals surface area contributed by atoms with Crippen LogP contribution in [0, 0.1) is 6.85 Å². The molecule has 10 aromatic rings. The van der Waals surface area contributed by atoms with Crippen molar-refractivity contribution in [1.29, 1.82) is 0 Å². The first-order valence-corrected chi connectivity index (χ1v) is 21.8. The van der Waals surface area contributed by atoms with E-state index in [1.807, 2.05) is 54.6 Å². The molecule has 64 heavy (non-hydrogen) atoms. The Morgan fingerprint density at radius 1 is 0.516 bits per heavy atom. The van der Waals surface area contributed by atoms with E-state index >= 15 is 0 Å². The lowest BCUT2D eigenvalue weighted by Gasteiger charge is -2.27. The lowest BCUT2D eigenvalue weighted by atomic mass is 9.86. The van der Waals surface area contributed by atoms with Gasteiger partial charge in [-0.2, -0.15) is 0 Å². The molecule has 0 spiro atoms. The number of hydrogen-bond donors (Lipinski definition) is 0. The summed E-state index contributed by atoms with van der Waals surface area (Å²) in [5.74, 6) is 1.86. The summed E-state index contributed by atoms with van der Waals surface area (Å²) in [5.41, 5.74) is 13.6. The Morgan fingerprint density at radius 3 is 1.78 bits per heavy atom. The number of anilines is 4. The van der Waals surface area contributed by atoms with E-state index in [4.69, 9.17) is 13.8 Å². The summed E-state index contributed by atoms with van der Waals surface area (Å²) in [6.07, 6.45) is 1.69. The Balaban J connectivity index is 0.993. The van der Waals surface area contributed by atoms with Gasteiger partial charge in [0.05, 0.1) is 28.1 Å². The second-order valence-electron chi connectivity index (χ2n) is 17.5. The van der Waals surface area contributed by atoms with Gasteiger partial charge in [0.25, 0.3) is 0 Å². The van der Waals surface area contributed by atoms with Crippen molar-refractivity contribution < 1.29 is 8.85 Å². The summed E-state index contributed by atoms with van der Waals surface area (Å²) in [6.45, 7) is 4.85. The van der Waals surface area contributed by atoms with E-state index in [9.17, 15) is 0 Å². The summed E-state index contributed by atoms with van der Waals surface area (Å²) >= 11 is 0. The molecular formula is C59H48N4O. The monoisotopic (exact) mass is 831 g/mol. The van der Waals surface area contributed by atoms with E-state index in [0.717, 1.165) is 72.4 Å². The van der Waals surface area contributed by atoms with Crippen LogP contribution in [0.4, 0.5) is 22.7 Å². The van der Waals surface area contributed by atoms with Gasteiger partial charge in [0, 0.05) is 55.6 Å². The summed E-state index contributed by atoms with van der Waals surface area (Å²) < 4.78 is 34.7. The van der Waals surface area contributed by atoms with E-state index in [0.29, 0.717) is 29.5 Å². The smallest absolute Gasteiger partial charge is 0.137 e. The number of benzene rings is 8. The fourth-order valence-corrected chi connectivity index (χ4v) is 9.20. The largest absolute Gasteiger partial charge is 0.457 e. The standard InChI is InChI=1S/C59H48N4O/c1-40-34-57(60-38-52(40)43-22-12-7-13-23-43)63-53-33-30-44(59(2,3)4)35-51(53)50-32-31-47(37-56(50)63)64-46-25-16-24-45(36-46)61-39-62(55-29-15-14-28-54(55)61)58-48(41-18-8-5-9-19-41)26-17-27-49(58)42-20-10-6-11-21-42/h5-38H,39H2,1-4H3/i1D3. The molecule has 0 saturated heterocycles. The average Bonchev–Trinajstić information content (AvgIpc) is 3.89. The van der Waals surface area contributed by atoms with Crippen LogP contribution in [0.5, 0.6) is 11.5 Å². The highest BCUT2D eigenvalue weighted by Crippen LogP contribution is 2.50. The lowest BCUT2D eigenvalue weighted by molar-refractivity contribution is 0.483. The minimum absolute atomic E-state index is 0.0803. The molecule has 0 atom stereocenters. The molecule has 5 heteroatoms. The molecule has 1 aliphatic rings. The minimum Gasteiger partial charge on any atom is -0.457 e. The highest BCUT2D eigenvalue weighted by atomic mass is 16.5. The summed E-state index contributed by atoms with van der Waals surface area (Å²) in [6, 6.07) is 68.7. The molecule has 8 aromatic carbocycles. The molecular weight excluding hydrogens is 781 g/mol. The van der Waals surface area contributed by atoms with Crippen LogP contribution in [0.25, 0.3) is 61.0 Å². The van der Waals surface area contributed by atoms with E-state index in [1.54, 1.807) is 12.3 Å². The van der Waals surface area contributed by atoms with Gasteiger partial charge in [-0.1, -0.05) is 154 Å². The fraction of sp³-hybridized carbons (Fsp3) is 0.102. The van der Waals surface area contributed by atoms with Crippen molar-refractivity contribution in [2.45, 2.75) is 33.0 Å². The first kappa shape index (κ1) is 35.7. The number of fused-ring (bicyclic) bond motifs is 4. The Bertz CT molecular complexity index is 3390. The molecule has 5 nitrogen and oxygen atoms in total. The van der Waals surface area contributed by atoms with Gasteiger partial charge in [-0.05, 0) is 94.7 Å². The second kappa shape index (κ2) is 15.8. The quantitative estimate of drug-likeness (QED) is 0.153. The van der Waals surface area contributed by atoms with E-state index < -0.39 is 6.85 Å². The van der Waals surface area contributed by atoms with Crippen molar-refractivity contribution >= 4 is 44.6 Å². The number of pyridine rings is 1. The van der Waals surface area contributed by atoms with Crippen molar-refractivity contribution in [3.05, 3.63) is 218 Å². The zero-order valence-electron chi connectivity index (χ0n) is 39.0. The molecule has 0 unspecified atom stereocenters. The van der Waals surface area contributed by atoms with Gasteiger partial charge in [-0.25, -0.2) is 4.98 Å². The molecule has 0 amide bonds. The number of ether oxygens (including phenoxy) is 1. The summed E-state index contributed by atoms with van der Waals surface area (Å²) in [5, 5.41) is 2.08. The number of aryl methyl sites for hydroxylation is 1. The average molecular weight is 832 g/mol. The van der Waals surface area contributed by atoms with Crippen LogP contribution in [-0.2, 0) is 5.41 Å². The van der Waals surface area contributed by atoms with Crippen LogP contribution in [0.1, 0.15) is 36.0 Å². The van der Waals surface area contributed by atoms with Crippen molar-refractivity contribution in [3.8, 4) is 50.7 Å². The molecule has 3 heterocycles. The third-order valence-corrected chi connectivity index (χ3v) is 12.4. The van der Waals surface area contributed by atoms with E-state index in [2.05, 4.69) is 175 Å². The number of hydrogen-bond acceptors (Lipinski definition) is 4. The number of aromatic nitrogens is 2. The van der Waals surface area contributed by atoms with Crippen LogP contribution >= 0.6 is 0 Å². The predicted octanol–water partition coefficient (Wildman–Crippen LogP) is 15.8. The topological polar surface area (TPSA) is 33.5 Å². The van der Waals surface area contributed by atoms with Gasteiger partial charge in [0.1, 0.15) is 24.0 Å². The SMILES string of the molecule is [2H]C([2H])([2H])c1cc(-n2c3ccc(C(C)(C)C)cc3c3ccc(Oc4cccc(N5CN(c6c(-c7ccccc7)cccc6-c6ccccc6)c6ccccc65)c4)cc32)ncc1-c1ccccc1. The van der Waals surface area contributed by atoms with Gasteiger partial charge in [-0.3, -0.25) is 4.57 Å². The van der Waals surface area contributed by atoms with Gasteiger partial charge in [0.2, 0.25) is 0 Å². The zero-order chi connectivity index (χ0) is 45.9. The van der Waals surface area contributed by atoms with Crippen molar-refractivity contribution in [2.75, 3.05) is 16.5 Å². The maximum atomic E-state index is 8.60. The second-order valence-corrected chi connectivity index (χ2v) is 17.5. The third kappa shape index (κ3) is 6.96. The molecule has 11 rings (SSSR count). The van der Waals surface area contributed by atoms with Crippen molar-refractivity contribution in [3.63, 3.8) is 0 Å². The normalized spacial score (nSPS) is 13.5. The summed E-state index contributed by atoms with van der Waals surface area (Å²) in [4.78, 5) is 9.75. The fourth-order valence-electron chi connectivity index (χ4n) is 9.20. The molecule has 0 radical (unpaired) electrons.